The van der Waals surface area contributed by atoms with Gasteiger partial charge in [0.15, 0.2) is 18.1 Å². The first-order valence-corrected chi connectivity index (χ1v) is 14.9. The minimum Gasteiger partial charge on any atom is -0.493 e. The number of para-hydroxylation sites is 1. The second kappa shape index (κ2) is 14.4. The number of nitrogens with zero attached hydrogens (tertiary/aromatic N) is 3. The Kier molecular flexibility index (Phi) is 10.4. The van der Waals surface area contributed by atoms with Gasteiger partial charge in [-0.05, 0) is 73.4 Å². The third-order valence-electron chi connectivity index (χ3n) is 6.63. The lowest BCUT2D eigenvalue weighted by molar-refractivity contribution is -0.134. The minimum atomic E-state index is -4.16. The molecule has 4 rings (SSSR count). The summed E-state index contributed by atoms with van der Waals surface area (Å²) >= 11 is 0. The van der Waals surface area contributed by atoms with Gasteiger partial charge in [-0.15, -0.1) is 0 Å². The molecule has 1 aliphatic rings. The highest BCUT2D eigenvalue weighted by Crippen LogP contribution is 2.32. The van der Waals surface area contributed by atoms with Crippen LogP contribution >= 0.6 is 0 Å². The standard InChI is InChI=1S/C30H34N4O7S/c1-39-27-16-15-26(19-28(27)40-2)42(37,38)34(24-9-5-3-6-10-24)21-29(35)32-31-20-23-11-13-25(14-12-23)41-22-30(36)33-17-7-4-8-18-33/h3,5-6,9-16,19-20H,4,7-8,17-18,21-22H2,1-2H3,(H,32,35)/b31-20-. The van der Waals surface area contributed by atoms with Gasteiger partial charge in [0, 0.05) is 19.2 Å². The van der Waals surface area contributed by atoms with E-state index in [9.17, 15) is 18.0 Å². The maximum atomic E-state index is 13.6. The summed E-state index contributed by atoms with van der Waals surface area (Å²) in [5, 5.41) is 3.97. The van der Waals surface area contributed by atoms with E-state index in [-0.39, 0.29) is 23.2 Å². The maximum Gasteiger partial charge on any atom is 0.264 e. The van der Waals surface area contributed by atoms with Crippen LogP contribution in [0.3, 0.4) is 0 Å². The first-order chi connectivity index (χ1) is 20.3. The van der Waals surface area contributed by atoms with Crippen LogP contribution in [-0.2, 0) is 19.6 Å². The Morgan fingerprint density at radius 1 is 0.929 bits per heavy atom. The molecular weight excluding hydrogens is 560 g/mol. The van der Waals surface area contributed by atoms with E-state index in [1.165, 1.54) is 38.6 Å². The Balaban J connectivity index is 1.38. The van der Waals surface area contributed by atoms with E-state index < -0.39 is 22.5 Å². The molecule has 1 saturated heterocycles. The summed E-state index contributed by atoms with van der Waals surface area (Å²) in [6, 6.07) is 19.4. The molecule has 0 atom stereocenters. The van der Waals surface area contributed by atoms with Crippen LogP contribution in [0.2, 0.25) is 0 Å². The first kappa shape index (κ1) is 30.4. The maximum absolute atomic E-state index is 13.6. The smallest absolute Gasteiger partial charge is 0.264 e. The van der Waals surface area contributed by atoms with E-state index in [0.717, 1.165) is 36.7 Å². The molecule has 12 heteroatoms. The van der Waals surface area contributed by atoms with E-state index in [2.05, 4.69) is 10.5 Å². The topological polar surface area (TPSA) is 127 Å². The molecule has 1 heterocycles. The predicted octanol–water partition coefficient (Wildman–Crippen LogP) is 3.44. The second-order valence-corrected chi connectivity index (χ2v) is 11.3. The largest absolute Gasteiger partial charge is 0.493 e. The van der Waals surface area contributed by atoms with Crippen molar-refractivity contribution < 1.29 is 32.2 Å². The average Bonchev–Trinajstić information content (AvgIpc) is 3.03. The van der Waals surface area contributed by atoms with Gasteiger partial charge < -0.3 is 19.1 Å². The summed E-state index contributed by atoms with van der Waals surface area (Å²) in [6.45, 7) is 1.01. The molecule has 0 unspecified atom stereocenters. The van der Waals surface area contributed by atoms with Crippen LogP contribution in [-0.4, -0.2) is 71.8 Å². The summed E-state index contributed by atoms with van der Waals surface area (Å²) in [5.41, 5.74) is 3.36. The van der Waals surface area contributed by atoms with Crippen LogP contribution in [0.15, 0.2) is 82.8 Å². The van der Waals surface area contributed by atoms with Crippen LogP contribution in [0.1, 0.15) is 24.8 Å². The van der Waals surface area contributed by atoms with Crippen LogP contribution in [0.4, 0.5) is 5.69 Å². The van der Waals surface area contributed by atoms with E-state index in [4.69, 9.17) is 14.2 Å². The van der Waals surface area contributed by atoms with Crippen molar-refractivity contribution in [1.82, 2.24) is 10.3 Å². The summed E-state index contributed by atoms with van der Waals surface area (Å²) < 4.78 is 44.3. The quantitative estimate of drug-likeness (QED) is 0.251. The Bertz CT molecular complexity index is 1490. The molecule has 2 amide bonds. The van der Waals surface area contributed by atoms with Crippen LogP contribution in [0.5, 0.6) is 17.2 Å². The van der Waals surface area contributed by atoms with E-state index in [1.54, 1.807) is 54.6 Å². The zero-order valence-electron chi connectivity index (χ0n) is 23.6. The van der Waals surface area contributed by atoms with Crippen LogP contribution in [0, 0.1) is 0 Å². The summed E-state index contributed by atoms with van der Waals surface area (Å²) in [6.07, 6.45) is 4.62. The van der Waals surface area contributed by atoms with Crippen LogP contribution in [0.25, 0.3) is 0 Å². The molecule has 1 fully saturated rings. The van der Waals surface area contributed by atoms with E-state index in [0.29, 0.717) is 22.7 Å². The van der Waals surface area contributed by atoms with Gasteiger partial charge in [0.05, 0.1) is 31.0 Å². The third-order valence-corrected chi connectivity index (χ3v) is 8.40. The molecule has 42 heavy (non-hydrogen) atoms. The molecule has 1 aliphatic heterocycles. The summed E-state index contributed by atoms with van der Waals surface area (Å²) in [7, 11) is -1.30. The number of carbonyl (C=O) groups excluding carboxylic acids is 2. The molecule has 0 radical (unpaired) electrons. The second-order valence-electron chi connectivity index (χ2n) is 9.46. The SMILES string of the molecule is COc1ccc(S(=O)(=O)N(CC(=O)N/N=C\c2ccc(OCC(=O)N3CCCCC3)cc2)c2ccccc2)cc1OC. The molecule has 0 aliphatic carbocycles. The number of sulfonamides is 1. The normalized spacial score (nSPS) is 13.4. The van der Waals surface area contributed by atoms with Gasteiger partial charge in [0.2, 0.25) is 0 Å². The zero-order chi connectivity index (χ0) is 30.0. The predicted molar refractivity (Wildman–Crippen MR) is 159 cm³/mol. The monoisotopic (exact) mass is 594 g/mol. The lowest BCUT2D eigenvalue weighted by atomic mass is 10.1. The number of ether oxygens (including phenoxy) is 3. The summed E-state index contributed by atoms with van der Waals surface area (Å²) in [4.78, 5) is 26.9. The number of benzene rings is 3. The molecular formula is C30H34N4O7S. The van der Waals surface area contributed by atoms with Crippen LogP contribution < -0.4 is 23.9 Å². The Hall–Kier alpha value is -4.58. The van der Waals surface area contributed by atoms with Crippen molar-refractivity contribution in [3.8, 4) is 17.2 Å². The molecule has 0 aromatic heterocycles. The van der Waals surface area contributed by atoms with Crippen molar-refractivity contribution >= 4 is 33.7 Å². The number of anilines is 1. The number of hydrogen-bond acceptors (Lipinski definition) is 8. The molecule has 1 N–H and O–H groups in total. The molecule has 0 spiro atoms. The van der Waals surface area contributed by atoms with Gasteiger partial charge in [-0.2, -0.15) is 5.10 Å². The zero-order valence-corrected chi connectivity index (χ0v) is 24.4. The van der Waals surface area contributed by atoms with Gasteiger partial charge >= 0.3 is 0 Å². The summed E-state index contributed by atoms with van der Waals surface area (Å²) in [5.74, 6) is 0.488. The van der Waals surface area contributed by atoms with Crippen molar-refractivity contribution in [3.05, 3.63) is 78.4 Å². The van der Waals surface area contributed by atoms with Gasteiger partial charge in [0.25, 0.3) is 21.8 Å². The highest BCUT2D eigenvalue weighted by Gasteiger charge is 2.28. The highest BCUT2D eigenvalue weighted by molar-refractivity contribution is 7.92. The number of hydrogen-bond donors (Lipinski definition) is 1. The number of piperidine rings is 1. The van der Waals surface area contributed by atoms with Crippen molar-refractivity contribution in [1.29, 1.82) is 0 Å². The third kappa shape index (κ3) is 7.78. The number of methoxy groups -OCH3 is 2. The van der Waals surface area contributed by atoms with Gasteiger partial charge in [-0.3, -0.25) is 13.9 Å². The lowest BCUT2D eigenvalue weighted by Crippen LogP contribution is -2.39. The Labute approximate surface area is 245 Å². The molecule has 0 bridgehead atoms. The average molecular weight is 595 g/mol. The minimum absolute atomic E-state index is 0.0202. The fraction of sp³-hybridized carbons (Fsp3) is 0.300. The number of nitrogens with one attached hydrogen (secondary N) is 1. The number of hydrazone groups is 1. The highest BCUT2D eigenvalue weighted by atomic mass is 32.2. The molecule has 0 saturated carbocycles. The Morgan fingerprint density at radius 3 is 2.29 bits per heavy atom. The Morgan fingerprint density at radius 2 is 1.62 bits per heavy atom. The van der Waals surface area contributed by atoms with Gasteiger partial charge in [-0.1, -0.05) is 18.2 Å². The van der Waals surface area contributed by atoms with Crippen molar-refractivity contribution in [2.45, 2.75) is 24.2 Å². The molecule has 3 aromatic carbocycles. The van der Waals surface area contributed by atoms with Crippen molar-refractivity contribution in [2.75, 3.05) is 44.8 Å². The number of rotatable bonds is 12. The number of amides is 2. The van der Waals surface area contributed by atoms with E-state index in [1.807, 2.05) is 4.90 Å². The fourth-order valence-electron chi connectivity index (χ4n) is 4.39. The fourth-order valence-corrected chi connectivity index (χ4v) is 5.82. The lowest BCUT2D eigenvalue weighted by Gasteiger charge is -2.26. The number of likely N-dealkylation sites (tertiary alicyclic amines) is 1. The molecule has 222 valence electrons. The van der Waals surface area contributed by atoms with Gasteiger partial charge in [0.1, 0.15) is 12.3 Å². The molecule has 3 aromatic rings. The van der Waals surface area contributed by atoms with E-state index >= 15 is 0 Å². The first-order valence-electron chi connectivity index (χ1n) is 13.4. The number of carbonyl (C=O) groups is 2. The van der Waals surface area contributed by atoms with Crippen molar-refractivity contribution in [2.24, 2.45) is 5.10 Å². The van der Waals surface area contributed by atoms with Crippen molar-refractivity contribution in [3.63, 3.8) is 0 Å². The molecule has 11 nitrogen and oxygen atoms in total. The van der Waals surface area contributed by atoms with Gasteiger partial charge in [-0.25, -0.2) is 13.8 Å².